The first-order valence-corrected chi connectivity index (χ1v) is 6.61. The van der Waals surface area contributed by atoms with E-state index in [0.717, 1.165) is 5.70 Å². The van der Waals surface area contributed by atoms with Crippen LogP contribution in [-0.4, -0.2) is 12.8 Å². The van der Waals surface area contributed by atoms with E-state index in [2.05, 4.69) is 35.9 Å². The first-order chi connectivity index (χ1) is 10.0. The van der Waals surface area contributed by atoms with Crippen LogP contribution in [-0.2, 0) is 5.41 Å². The maximum absolute atomic E-state index is 8.62. The number of anilines is 1. The van der Waals surface area contributed by atoms with Crippen molar-refractivity contribution in [2.45, 2.75) is 19.3 Å². The second-order valence-corrected chi connectivity index (χ2v) is 5.30. The van der Waals surface area contributed by atoms with E-state index in [1.54, 1.807) is 18.2 Å². The number of fused-ring (bicyclic) bond motifs is 1. The zero-order chi connectivity index (χ0) is 15.5. The Morgan fingerprint density at radius 2 is 1.90 bits per heavy atom. The fourth-order valence-electron chi connectivity index (χ4n) is 2.64. The molecule has 4 nitrogen and oxygen atoms in total. The molecule has 21 heavy (non-hydrogen) atoms. The van der Waals surface area contributed by atoms with Gasteiger partial charge in [0.15, 0.2) is 0 Å². The Kier molecular flexibility index (Phi) is 3.91. The lowest BCUT2D eigenvalue weighted by molar-refractivity contribution is 0.640. The van der Waals surface area contributed by atoms with E-state index in [9.17, 15) is 0 Å². The van der Waals surface area contributed by atoms with Crippen LogP contribution in [0.2, 0.25) is 0 Å². The van der Waals surface area contributed by atoms with E-state index >= 15 is 0 Å². The monoisotopic (exact) mass is 276 g/mol. The van der Waals surface area contributed by atoms with Crippen molar-refractivity contribution < 1.29 is 0 Å². The SMILES string of the molecule is CN1/C(=C/C=C/N=C(C#N)C#N)C(C)(C)c2ccccc21. The van der Waals surface area contributed by atoms with Crippen molar-refractivity contribution in [2.75, 3.05) is 11.9 Å². The number of aliphatic imine (C=N–C) groups is 1. The van der Waals surface area contributed by atoms with Crippen LogP contribution in [0.1, 0.15) is 19.4 Å². The molecule has 4 heteroatoms. The quantitative estimate of drug-likeness (QED) is 0.778. The highest BCUT2D eigenvalue weighted by Gasteiger charge is 2.37. The number of likely N-dealkylation sites (N-methyl/N-ethyl adjacent to an activating group) is 1. The number of allylic oxidation sites excluding steroid dienone is 3. The Bertz CT molecular complexity index is 708. The Morgan fingerprint density at radius 1 is 1.24 bits per heavy atom. The standard InChI is InChI=1S/C17H16N4/c1-17(2)14-7-4-5-8-15(14)21(3)16(17)9-6-10-20-13(11-18)12-19/h4-10H,1-3H3/b10-6+,16-9+. The molecule has 2 rings (SSSR count). The number of hydrogen-bond acceptors (Lipinski definition) is 4. The highest BCUT2D eigenvalue weighted by molar-refractivity contribution is 6.10. The summed E-state index contributed by atoms with van der Waals surface area (Å²) >= 11 is 0. The Morgan fingerprint density at radius 3 is 2.52 bits per heavy atom. The first kappa shape index (κ1) is 14.6. The van der Waals surface area contributed by atoms with Gasteiger partial charge < -0.3 is 4.90 Å². The van der Waals surface area contributed by atoms with Crippen molar-refractivity contribution in [1.29, 1.82) is 10.5 Å². The molecule has 0 fully saturated rings. The second-order valence-electron chi connectivity index (χ2n) is 5.30. The summed E-state index contributed by atoms with van der Waals surface area (Å²) in [5, 5.41) is 17.2. The van der Waals surface area contributed by atoms with Crippen molar-refractivity contribution in [3.63, 3.8) is 0 Å². The predicted octanol–water partition coefficient (Wildman–Crippen LogP) is 3.30. The molecule has 0 saturated carbocycles. The van der Waals surface area contributed by atoms with Crippen molar-refractivity contribution in [1.82, 2.24) is 0 Å². The first-order valence-electron chi connectivity index (χ1n) is 6.61. The third-order valence-corrected chi connectivity index (χ3v) is 3.70. The molecular weight excluding hydrogens is 260 g/mol. The number of hydrogen-bond donors (Lipinski definition) is 0. The molecule has 1 aromatic rings. The Hall–Kier alpha value is -2.85. The van der Waals surface area contributed by atoms with Gasteiger partial charge in [-0.25, -0.2) is 4.99 Å². The zero-order valence-corrected chi connectivity index (χ0v) is 12.3. The average molecular weight is 276 g/mol. The number of nitrogens with zero attached hydrogens (tertiary/aromatic N) is 4. The molecule has 0 aliphatic carbocycles. The van der Waals surface area contributed by atoms with Gasteiger partial charge in [-0.1, -0.05) is 32.0 Å². The van der Waals surface area contributed by atoms with Crippen molar-refractivity contribution in [2.24, 2.45) is 4.99 Å². The van der Waals surface area contributed by atoms with Crippen LogP contribution in [0.4, 0.5) is 5.69 Å². The molecule has 0 saturated heterocycles. The summed E-state index contributed by atoms with van der Waals surface area (Å²) in [4.78, 5) is 5.95. The lowest BCUT2D eigenvalue weighted by atomic mass is 9.84. The minimum atomic E-state index is -0.146. The number of nitriles is 2. The minimum absolute atomic E-state index is 0.0906. The van der Waals surface area contributed by atoms with Gasteiger partial charge in [0, 0.05) is 30.0 Å². The molecule has 1 aliphatic heterocycles. The van der Waals surface area contributed by atoms with Crippen LogP contribution in [0.5, 0.6) is 0 Å². The highest BCUT2D eigenvalue weighted by Crippen LogP contribution is 2.46. The van der Waals surface area contributed by atoms with Crippen molar-refractivity contribution in [3.8, 4) is 12.1 Å². The molecule has 0 bridgehead atoms. The zero-order valence-electron chi connectivity index (χ0n) is 12.3. The fourth-order valence-corrected chi connectivity index (χ4v) is 2.64. The molecular formula is C17H16N4. The molecule has 104 valence electrons. The summed E-state index contributed by atoms with van der Waals surface area (Å²) in [6, 6.07) is 11.8. The molecule has 0 atom stereocenters. The van der Waals surface area contributed by atoms with Crippen LogP contribution in [0, 0.1) is 22.7 Å². The average Bonchev–Trinajstić information content (AvgIpc) is 2.68. The predicted molar refractivity (Wildman–Crippen MR) is 83.8 cm³/mol. The number of para-hydroxylation sites is 1. The summed E-state index contributed by atoms with van der Waals surface area (Å²) in [6.45, 7) is 4.35. The second kappa shape index (κ2) is 5.64. The number of rotatable bonds is 2. The van der Waals surface area contributed by atoms with Crippen LogP contribution in [0.3, 0.4) is 0 Å². The van der Waals surface area contributed by atoms with E-state index < -0.39 is 0 Å². The van der Waals surface area contributed by atoms with Gasteiger partial charge in [0.2, 0.25) is 5.71 Å². The smallest absolute Gasteiger partial charge is 0.217 e. The molecule has 1 aliphatic rings. The molecule has 0 N–H and O–H groups in total. The van der Waals surface area contributed by atoms with Crippen molar-refractivity contribution >= 4 is 11.4 Å². The van der Waals surface area contributed by atoms with E-state index in [-0.39, 0.29) is 11.1 Å². The van der Waals surface area contributed by atoms with Crippen LogP contribution < -0.4 is 4.90 Å². The summed E-state index contributed by atoms with van der Waals surface area (Å²) in [7, 11) is 2.03. The summed E-state index contributed by atoms with van der Waals surface area (Å²) in [5.74, 6) is 0. The third kappa shape index (κ3) is 2.57. The van der Waals surface area contributed by atoms with Gasteiger partial charge in [-0.3, -0.25) is 0 Å². The molecule has 0 spiro atoms. The van der Waals surface area contributed by atoms with Crippen LogP contribution in [0.25, 0.3) is 0 Å². The maximum Gasteiger partial charge on any atom is 0.217 e. The summed E-state index contributed by atoms with van der Waals surface area (Å²) < 4.78 is 0. The molecule has 1 aromatic carbocycles. The summed E-state index contributed by atoms with van der Waals surface area (Å²) in [6.07, 6.45) is 5.20. The van der Waals surface area contributed by atoms with E-state index in [4.69, 9.17) is 10.5 Å². The van der Waals surface area contributed by atoms with Crippen molar-refractivity contribution in [3.05, 3.63) is 53.9 Å². The van der Waals surface area contributed by atoms with E-state index in [1.165, 1.54) is 17.5 Å². The maximum atomic E-state index is 8.62. The van der Waals surface area contributed by atoms with Gasteiger partial charge >= 0.3 is 0 Å². The van der Waals surface area contributed by atoms with Gasteiger partial charge in [-0.15, -0.1) is 0 Å². The minimum Gasteiger partial charge on any atom is -0.347 e. The van der Waals surface area contributed by atoms with Gasteiger partial charge in [0.05, 0.1) is 0 Å². The van der Waals surface area contributed by atoms with Gasteiger partial charge in [-0.05, 0) is 23.8 Å². The number of benzene rings is 1. The lowest BCUT2D eigenvalue weighted by Gasteiger charge is -2.23. The third-order valence-electron chi connectivity index (χ3n) is 3.70. The molecule has 0 radical (unpaired) electrons. The van der Waals surface area contributed by atoms with Crippen LogP contribution in [0.15, 0.2) is 53.3 Å². The summed E-state index contributed by atoms with van der Waals surface area (Å²) in [5.41, 5.74) is 3.38. The highest BCUT2D eigenvalue weighted by atomic mass is 15.2. The molecule has 0 amide bonds. The topological polar surface area (TPSA) is 63.2 Å². The van der Waals surface area contributed by atoms with Gasteiger partial charge in [0.25, 0.3) is 0 Å². The van der Waals surface area contributed by atoms with E-state index in [0.29, 0.717) is 0 Å². The fraction of sp³-hybridized carbons (Fsp3) is 0.235. The lowest BCUT2D eigenvalue weighted by Crippen LogP contribution is -2.22. The molecule has 0 aromatic heterocycles. The Labute approximate surface area is 125 Å². The van der Waals surface area contributed by atoms with Gasteiger partial charge in [0.1, 0.15) is 12.1 Å². The normalized spacial score (nSPS) is 17.4. The largest absolute Gasteiger partial charge is 0.347 e. The molecule has 0 unspecified atom stereocenters. The molecule has 1 heterocycles. The van der Waals surface area contributed by atoms with Crippen LogP contribution >= 0.6 is 0 Å². The Balaban J connectivity index is 2.33. The van der Waals surface area contributed by atoms with Gasteiger partial charge in [-0.2, -0.15) is 10.5 Å². The van der Waals surface area contributed by atoms with E-state index in [1.807, 2.05) is 25.3 Å².